The second-order valence-corrected chi connectivity index (χ2v) is 12.5. The van der Waals surface area contributed by atoms with E-state index in [0.29, 0.717) is 25.1 Å². The Morgan fingerprint density at radius 2 is 2.03 bits per heavy atom. The molecular formula is C31H35N3O4. The van der Waals surface area contributed by atoms with Crippen LogP contribution in [-0.4, -0.2) is 73.8 Å². The Labute approximate surface area is 223 Å². The molecule has 0 radical (unpaired) electrons. The first-order chi connectivity index (χ1) is 18.5. The number of fused-ring (bicyclic) bond motifs is 1. The van der Waals surface area contributed by atoms with Crippen LogP contribution in [0.1, 0.15) is 61.8 Å². The van der Waals surface area contributed by atoms with E-state index in [1.165, 1.54) is 18.4 Å². The maximum Gasteiger partial charge on any atom is 0.247 e. The number of phenols is 1. The minimum absolute atomic E-state index is 0.0301. The van der Waals surface area contributed by atoms with Gasteiger partial charge in [-0.15, -0.1) is 0 Å². The van der Waals surface area contributed by atoms with Crippen molar-refractivity contribution in [2.24, 2.45) is 5.92 Å². The van der Waals surface area contributed by atoms with Gasteiger partial charge in [0.2, 0.25) is 5.91 Å². The first-order valence-electron chi connectivity index (χ1n) is 14.4. The highest BCUT2D eigenvalue weighted by molar-refractivity contribution is 5.92. The van der Waals surface area contributed by atoms with Gasteiger partial charge in [-0.05, 0) is 93.7 Å². The fourth-order valence-electron chi connectivity index (χ4n) is 9.07. The summed E-state index contributed by atoms with van der Waals surface area (Å²) in [5, 5.41) is 23.8. The third-order valence-electron chi connectivity index (χ3n) is 10.8. The third kappa shape index (κ3) is 2.87. The number of ether oxygens (including phenoxy) is 1. The molecule has 6 aliphatic rings. The Hall–Kier alpha value is -2.90. The largest absolute Gasteiger partial charge is 0.504 e. The standard InChI is InChI=1S/C31H35N3O4/c35-23-9-7-21-18-24-31(37)13-12-29(11-3-16-34(29)25(36)10-8-22-4-1-2-15-32-22)28-30(31,26(21)27(23)38-28)14-17-33(24)19-20-5-6-20/h1-2,4,7-10,15,20,24,28,35,37H,3,5-6,11-14,16-19H2/b10-8+/t24-,28+,29-,30+,31-/m1/s1. The molecule has 8 rings (SSSR count). The van der Waals surface area contributed by atoms with E-state index in [9.17, 15) is 15.0 Å². The number of aromatic hydroxyl groups is 1. The minimum Gasteiger partial charge on any atom is -0.504 e. The van der Waals surface area contributed by atoms with Gasteiger partial charge in [-0.1, -0.05) is 12.1 Å². The summed E-state index contributed by atoms with van der Waals surface area (Å²) in [4.78, 5) is 22.7. The van der Waals surface area contributed by atoms with Crippen LogP contribution in [0, 0.1) is 5.92 Å². The van der Waals surface area contributed by atoms with E-state index in [-0.39, 0.29) is 23.8 Å². The molecule has 2 bridgehead atoms. The predicted octanol–water partition coefficient (Wildman–Crippen LogP) is 3.43. The van der Waals surface area contributed by atoms with Crippen LogP contribution in [0.15, 0.2) is 42.6 Å². The minimum atomic E-state index is -0.941. The number of carbonyl (C=O) groups is 1. The highest BCUT2D eigenvalue weighted by atomic mass is 16.5. The molecule has 1 aromatic heterocycles. The van der Waals surface area contributed by atoms with Gasteiger partial charge < -0.3 is 19.8 Å². The number of hydrogen-bond acceptors (Lipinski definition) is 6. The van der Waals surface area contributed by atoms with Crippen LogP contribution in [0.3, 0.4) is 0 Å². The molecule has 3 aliphatic heterocycles. The monoisotopic (exact) mass is 513 g/mol. The number of piperidine rings is 1. The van der Waals surface area contributed by atoms with Crippen LogP contribution in [0.2, 0.25) is 0 Å². The fraction of sp³-hybridized carbons (Fsp3) is 0.548. The molecule has 1 aromatic carbocycles. The second kappa shape index (κ2) is 7.82. The van der Waals surface area contributed by atoms with Gasteiger partial charge in [-0.2, -0.15) is 0 Å². The number of aliphatic hydroxyl groups is 1. The molecule has 38 heavy (non-hydrogen) atoms. The quantitative estimate of drug-likeness (QED) is 0.610. The lowest BCUT2D eigenvalue weighted by atomic mass is 9.45. The molecule has 2 spiro atoms. The number of hydrogen-bond donors (Lipinski definition) is 2. The van der Waals surface area contributed by atoms with Crippen LogP contribution >= 0.6 is 0 Å². The van der Waals surface area contributed by atoms with E-state index in [2.05, 4.69) is 9.88 Å². The lowest BCUT2D eigenvalue weighted by molar-refractivity contribution is -0.216. The summed E-state index contributed by atoms with van der Waals surface area (Å²) in [6.07, 6.45) is 12.0. The van der Waals surface area contributed by atoms with Crippen molar-refractivity contribution in [3.05, 3.63) is 59.4 Å². The number of phenolic OH excluding ortho intramolecular Hbond substituents is 1. The van der Waals surface area contributed by atoms with Crippen LogP contribution in [-0.2, 0) is 16.6 Å². The Morgan fingerprint density at radius 1 is 1.13 bits per heavy atom. The second-order valence-electron chi connectivity index (χ2n) is 12.5. The summed E-state index contributed by atoms with van der Waals surface area (Å²) < 4.78 is 6.83. The number of rotatable bonds is 4. The summed E-state index contributed by atoms with van der Waals surface area (Å²) in [7, 11) is 0. The molecule has 1 amide bonds. The number of benzene rings is 1. The van der Waals surface area contributed by atoms with E-state index in [1.54, 1.807) is 24.4 Å². The Balaban J connectivity index is 1.23. The first-order valence-corrected chi connectivity index (χ1v) is 14.4. The zero-order chi connectivity index (χ0) is 25.7. The molecule has 198 valence electrons. The molecule has 2 saturated carbocycles. The highest BCUT2D eigenvalue weighted by Gasteiger charge is 2.77. The van der Waals surface area contributed by atoms with Crippen molar-refractivity contribution < 1.29 is 19.7 Å². The molecule has 2 saturated heterocycles. The molecule has 2 aromatic rings. The highest BCUT2D eigenvalue weighted by Crippen LogP contribution is 2.69. The van der Waals surface area contributed by atoms with Crippen LogP contribution in [0.5, 0.6) is 11.5 Å². The summed E-state index contributed by atoms with van der Waals surface area (Å²) in [5.74, 6) is 1.42. The first kappa shape index (κ1) is 23.0. The van der Waals surface area contributed by atoms with Gasteiger partial charge in [-0.25, -0.2) is 0 Å². The van der Waals surface area contributed by atoms with E-state index in [4.69, 9.17) is 4.74 Å². The molecule has 2 N–H and O–H groups in total. The number of aromatic nitrogens is 1. The number of amides is 1. The lowest BCUT2D eigenvalue weighted by Crippen LogP contribution is -2.80. The van der Waals surface area contributed by atoms with Gasteiger partial charge >= 0.3 is 0 Å². The van der Waals surface area contributed by atoms with Gasteiger partial charge in [0.25, 0.3) is 0 Å². The average molecular weight is 514 g/mol. The van der Waals surface area contributed by atoms with Crippen LogP contribution in [0.4, 0.5) is 0 Å². The number of carbonyl (C=O) groups excluding carboxylic acids is 1. The molecule has 0 unspecified atom stereocenters. The molecule has 7 heteroatoms. The van der Waals surface area contributed by atoms with Crippen molar-refractivity contribution in [3.8, 4) is 11.5 Å². The number of nitrogens with zero attached hydrogens (tertiary/aromatic N) is 3. The molecule has 7 nitrogen and oxygen atoms in total. The molecular weight excluding hydrogens is 478 g/mol. The van der Waals surface area contributed by atoms with Gasteiger partial charge in [0.05, 0.1) is 22.2 Å². The van der Waals surface area contributed by atoms with E-state index in [1.807, 2.05) is 29.2 Å². The van der Waals surface area contributed by atoms with E-state index in [0.717, 1.165) is 55.9 Å². The third-order valence-corrected chi connectivity index (χ3v) is 10.8. The molecule has 4 heterocycles. The van der Waals surface area contributed by atoms with Gasteiger partial charge in [0.15, 0.2) is 11.5 Å². The Bertz CT molecular complexity index is 1340. The van der Waals surface area contributed by atoms with Crippen molar-refractivity contribution in [1.29, 1.82) is 0 Å². The average Bonchev–Trinajstić information content (AvgIpc) is 3.52. The van der Waals surface area contributed by atoms with Crippen molar-refractivity contribution in [1.82, 2.24) is 14.8 Å². The molecule has 3 aliphatic carbocycles. The smallest absolute Gasteiger partial charge is 0.247 e. The zero-order valence-electron chi connectivity index (χ0n) is 21.7. The van der Waals surface area contributed by atoms with Gasteiger partial charge in [0.1, 0.15) is 6.10 Å². The summed E-state index contributed by atoms with van der Waals surface area (Å²) in [5.41, 5.74) is 0.895. The Kier molecular flexibility index (Phi) is 4.74. The normalized spacial score (nSPS) is 37.0. The van der Waals surface area contributed by atoms with Crippen molar-refractivity contribution >= 4 is 12.0 Å². The van der Waals surface area contributed by atoms with Crippen molar-refractivity contribution in [2.75, 3.05) is 19.6 Å². The summed E-state index contributed by atoms with van der Waals surface area (Å²) in [6, 6.07) is 9.51. The van der Waals surface area contributed by atoms with E-state index >= 15 is 0 Å². The van der Waals surface area contributed by atoms with Crippen LogP contribution in [0.25, 0.3) is 6.08 Å². The fourth-order valence-corrected chi connectivity index (χ4v) is 9.07. The number of pyridine rings is 1. The van der Waals surface area contributed by atoms with E-state index < -0.39 is 16.6 Å². The van der Waals surface area contributed by atoms with Gasteiger partial charge in [0, 0.05) is 37.0 Å². The summed E-state index contributed by atoms with van der Waals surface area (Å²) >= 11 is 0. The SMILES string of the molecule is O=C(/C=C/c1ccccn1)N1CCC[C@]12CC[C@@]1(O)[C@H]3Cc4ccc(O)c5c4[C@@]1(CCN3CC1CC1)[C@H]2O5. The number of likely N-dealkylation sites (tertiary alicyclic amines) is 2. The Morgan fingerprint density at radius 3 is 2.84 bits per heavy atom. The van der Waals surface area contributed by atoms with Gasteiger partial charge in [-0.3, -0.25) is 14.7 Å². The topological polar surface area (TPSA) is 86.1 Å². The predicted molar refractivity (Wildman–Crippen MR) is 142 cm³/mol. The molecule has 4 fully saturated rings. The maximum atomic E-state index is 13.7. The summed E-state index contributed by atoms with van der Waals surface area (Å²) in [6.45, 7) is 2.65. The van der Waals surface area contributed by atoms with Crippen molar-refractivity contribution in [2.45, 2.75) is 80.1 Å². The zero-order valence-corrected chi connectivity index (χ0v) is 21.7. The maximum absolute atomic E-state index is 13.7. The lowest BCUT2D eigenvalue weighted by Gasteiger charge is -2.67. The molecule has 5 atom stereocenters. The van der Waals surface area contributed by atoms with Crippen LogP contribution < -0.4 is 4.74 Å². The van der Waals surface area contributed by atoms with Crippen molar-refractivity contribution in [3.63, 3.8) is 0 Å².